The number of nitrogens with zero attached hydrogens (tertiary/aromatic N) is 1. The van der Waals surface area contributed by atoms with E-state index >= 15 is 0 Å². The first kappa shape index (κ1) is 76.4. The van der Waals surface area contributed by atoms with Crippen molar-refractivity contribution in [3.05, 3.63) is 97.2 Å². The average molecular weight is 1120 g/mol. The Kier molecular flexibility index (Phi) is 58.1. The topological polar surface area (TPSA) is 105 Å². The van der Waals surface area contributed by atoms with E-state index in [1.165, 1.54) is 173 Å². The van der Waals surface area contributed by atoms with Crippen LogP contribution in [0.4, 0.5) is 0 Å². The summed E-state index contributed by atoms with van der Waals surface area (Å²) in [5.41, 5.74) is 0. The average Bonchev–Trinajstić information content (AvgIpc) is 3.42. The van der Waals surface area contributed by atoms with Crippen molar-refractivity contribution in [1.82, 2.24) is 5.32 Å². The molecule has 0 aliphatic rings. The molecule has 0 radical (unpaired) electrons. The summed E-state index contributed by atoms with van der Waals surface area (Å²) < 4.78 is 23.8. The Labute approximate surface area is 489 Å². The fourth-order valence-corrected chi connectivity index (χ4v) is 10.2. The van der Waals surface area contributed by atoms with Gasteiger partial charge in [0.25, 0.3) is 0 Å². The van der Waals surface area contributed by atoms with E-state index in [1.807, 2.05) is 21.1 Å². The molecule has 0 spiro atoms. The molecule has 8 nitrogen and oxygen atoms in total. The summed E-state index contributed by atoms with van der Waals surface area (Å²) >= 11 is 0. The number of phosphoric acid groups is 1. The number of carbonyl (C=O) groups excluding carboxylic acids is 1. The maximum absolute atomic E-state index is 13.0. The number of phosphoric ester groups is 1. The van der Waals surface area contributed by atoms with Crippen molar-refractivity contribution in [3.8, 4) is 0 Å². The molecule has 0 aromatic heterocycles. The van der Waals surface area contributed by atoms with Crippen molar-refractivity contribution in [2.75, 3.05) is 40.9 Å². The van der Waals surface area contributed by atoms with E-state index in [2.05, 4.69) is 116 Å². The number of likely N-dealkylation sites (N-methyl/N-ethyl adjacent to an activating group) is 1. The van der Waals surface area contributed by atoms with Crippen LogP contribution < -0.4 is 5.32 Å². The Morgan fingerprint density at radius 2 is 0.759 bits per heavy atom. The predicted octanol–water partition coefficient (Wildman–Crippen LogP) is 20.9. The number of amides is 1. The van der Waals surface area contributed by atoms with E-state index in [-0.39, 0.29) is 19.1 Å². The zero-order valence-electron chi connectivity index (χ0n) is 52.3. The smallest absolute Gasteiger partial charge is 0.391 e. The van der Waals surface area contributed by atoms with Crippen molar-refractivity contribution in [1.29, 1.82) is 0 Å². The maximum atomic E-state index is 13.0. The number of hydrogen-bond donors (Lipinski definition) is 3. The van der Waals surface area contributed by atoms with Crippen molar-refractivity contribution < 1.29 is 32.9 Å². The molecule has 0 fully saturated rings. The highest BCUT2D eigenvalue weighted by molar-refractivity contribution is 7.47. The largest absolute Gasteiger partial charge is 0.472 e. The summed E-state index contributed by atoms with van der Waals surface area (Å²) in [6.45, 7) is 4.79. The molecule has 3 atom stereocenters. The Balaban J connectivity index is 3.97. The van der Waals surface area contributed by atoms with E-state index in [1.54, 1.807) is 0 Å². The molecular formula is C70H128N2O6P+. The summed E-state index contributed by atoms with van der Waals surface area (Å²) in [5, 5.41) is 14.1. The second-order valence-corrected chi connectivity index (χ2v) is 24.9. The molecule has 0 saturated carbocycles. The second kappa shape index (κ2) is 60.0. The van der Waals surface area contributed by atoms with Gasteiger partial charge in [0, 0.05) is 6.42 Å². The third kappa shape index (κ3) is 62.9. The van der Waals surface area contributed by atoms with Gasteiger partial charge in [-0.3, -0.25) is 13.8 Å². The highest BCUT2D eigenvalue weighted by Crippen LogP contribution is 2.43. The Hall–Kier alpha value is -2.58. The number of carbonyl (C=O) groups is 1. The molecule has 79 heavy (non-hydrogen) atoms. The van der Waals surface area contributed by atoms with Crippen LogP contribution in [0.3, 0.4) is 0 Å². The van der Waals surface area contributed by atoms with Gasteiger partial charge in [0.1, 0.15) is 13.2 Å². The molecule has 1 amide bonds. The molecule has 0 aromatic carbocycles. The van der Waals surface area contributed by atoms with Crippen molar-refractivity contribution in [3.63, 3.8) is 0 Å². The lowest BCUT2D eigenvalue weighted by molar-refractivity contribution is -0.870. The van der Waals surface area contributed by atoms with Crippen LogP contribution >= 0.6 is 7.82 Å². The lowest BCUT2D eigenvalue weighted by Crippen LogP contribution is -2.46. The minimum atomic E-state index is -4.33. The van der Waals surface area contributed by atoms with Gasteiger partial charge >= 0.3 is 7.82 Å². The molecule has 0 bridgehead atoms. The molecule has 0 aliphatic heterocycles. The highest BCUT2D eigenvalue weighted by Gasteiger charge is 2.28. The van der Waals surface area contributed by atoms with E-state index in [4.69, 9.17) is 9.05 Å². The van der Waals surface area contributed by atoms with Gasteiger partial charge in [0.2, 0.25) is 5.91 Å². The van der Waals surface area contributed by atoms with E-state index in [0.29, 0.717) is 23.9 Å². The lowest BCUT2D eigenvalue weighted by atomic mass is 10.0. The first-order valence-electron chi connectivity index (χ1n) is 33.1. The Morgan fingerprint density at radius 3 is 1.11 bits per heavy atom. The molecule has 0 heterocycles. The maximum Gasteiger partial charge on any atom is 0.472 e. The van der Waals surface area contributed by atoms with Gasteiger partial charge in [0.05, 0.1) is 39.9 Å². The molecule has 0 aliphatic carbocycles. The van der Waals surface area contributed by atoms with Crippen LogP contribution in [0.15, 0.2) is 97.2 Å². The molecule has 9 heteroatoms. The first-order chi connectivity index (χ1) is 38.5. The van der Waals surface area contributed by atoms with E-state index in [0.717, 1.165) is 89.9 Å². The monoisotopic (exact) mass is 1120 g/mol. The van der Waals surface area contributed by atoms with Crippen LogP contribution in [-0.4, -0.2) is 73.4 Å². The third-order valence-corrected chi connectivity index (χ3v) is 15.6. The standard InChI is InChI=1S/C70H127N2O6P/c1-6-8-10-12-14-16-18-20-22-24-25-26-27-28-29-30-31-32-33-34-35-36-37-38-39-40-41-42-43-44-45-46-47-48-50-52-54-56-58-60-62-64-70(74)71-68(67-78-79(75,76)77-66-65-72(3,4)5)69(73)63-61-59-57-55-53-51-49-23-21-19-17-15-13-11-9-7-2/h8,10,14,16,20,22,25-26,28-29,31-32,34-35,37-38,68-69,73H,6-7,9,11-13,15,17-19,21,23-24,27,30,33,36,39-67H2,1-5H3,(H-,71,74,75,76)/p+1/b10-8-,16-14-,22-20-,26-25-,29-28-,32-31-,35-34-,38-37-. The zero-order valence-corrected chi connectivity index (χ0v) is 53.2. The Morgan fingerprint density at radius 1 is 0.443 bits per heavy atom. The number of unbranched alkanes of at least 4 members (excludes halogenated alkanes) is 31. The van der Waals surface area contributed by atoms with Gasteiger partial charge in [-0.15, -0.1) is 0 Å². The van der Waals surface area contributed by atoms with Gasteiger partial charge in [-0.1, -0.05) is 304 Å². The quantitative estimate of drug-likeness (QED) is 0.0243. The van der Waals surface area contributed by atoms with Crippen LogP contribution in [0.1, 0.15) is 290 Å². The molecule has 3 unspecified atom stereocenters. The number of aliphatic hydroxyl groups excluding tert-OH is 1. The molecule has 458 valence electrons. The number of aliphatic hydroxyl groups is 1. The summed E-state index contributed by atoms with van der Waals surface area (Å²) in [5.74, 6) is -0.144. The van der Waals surface area contributed by atoms with Crippen molar-refractivity contribution in [2.24, 2.45) is 0 Å². The van der Waals surface area contributed by atoms with E-state index in [9.17, 15) is 19.4 Å². The van der Waals surface area contributed by atoms with Gasteiger partial charge in [-0.2, -0.15) is 0 Å². The van der Waals surface area contributed by atoms with Crippen molar-refractivity contribution in [2.45, 2.75) is 302 Å². The SMILES string of the molecule is CC/C=C\C/C=C\C/C=C\C/C=C\C/C=C\C/C=C\C/C=C\C/C=C\CCCCCCCCCCCCCCCCCCC(=O)NC(COP(=O)(O)OCC[N+](C)(C)C)C(O)CCCCCCCCCCCCCCCCCC. The van der Waals surface area contributed by atoms with Crippen molar-refractivity contribution >= 4 is 13.7 Å². The molecule has 0 rings (SSSR count). The summed E-state index contributed by atoms with van der Waals surface area (Å²) in [7, 11) is 1.62. The van der Waals surface area contributed by atoms with Crippen LogP contribution in [0, 0.1) is 0 Å². The predicted molar refractivity (Wildman–Crippen MR) is 346 cm³/mol. The van der Waals surface area contributed by atoms with Gasteiger partial charge < -0.3 is 19.8 Å². The zero-order chi connectivity index (χ0) is 57.7. The second-order valence-electron chi connectivity index (χ2n) is 23.5. The molecule has 0 saturated heterocycles. The summed E-state index contributed by atoms with van der Waals surface area (Å²) in [6.07, 6.45) is 86.3. The van der Waals surface area contributed by atoms with E-state index < -0.39 is 20.0 Å². The lowest BCUT2D eigenvalue weighted by Gasteiger charge is -2.26. The van der Waals surface area contributed by atoms with Crippen LogP contribution in [-0.2, 0) is 18.4 Å². The summed E-state index contributed by atoms with van der Waals surface area (Å²) in [6, 6.07) is -0.764. The highest BCUT2D eigenvalue weighted by atomic mass is 31.2. The van der Waals surface area contributed by atoms with Gasteiger partial charge in [-0.25, -0.2) is 4.57 Å². The fraction of sp³-hybridized carbons (Fsp3) is 0.757. The van der Waals surface area contributed by atoms with Crippen LogP contribution in [0.2, 0.25) is 0 Å². The number of rotatable bonds is 60. The van der Waals surface area contributed by atoms with Crippen LogP contribution in [0.25, 0.3) is 0 Å². The minimum Gasteiger partial charge on any atom is -0.391 e. The van der Waals surface area contributed by atoms with Crippen LogP contribution in [0.5, 0.6) is 0 Å². The third-order valence-electron chi connectivity index (χ3n) is 14.6. The summed E-state index contributed by atoms with van der Waals surface area (Å²) in [4.78, 5) is 23.4. The van der Waals surface area contributed by atoms with Gasteiger partial charge in [0.15, 0.2) is 0 Å². The molecule has 0 aromatic rings. The first-order valence-corrected chi connectivity index (χ1v) is 34.6. The molecular weight excluding hydrogens is 996 g/mol. The minimum absolute atomic E-state index is 0.0731. The normalized spacial score (nSPS) is 14.4. The fourth-order valence-electron chi connectivity index (χ4n) is 9.48. The number of quaternary nitrogens is 1. The van der Waals surface area contributed by atoms with Gasteiger partial charge in [-0.05, 0) is 77.0 Å². The Bertz CT molecular complexity index is 1610. The number of allylic oxidation sites excluding steroid dienone is 16. The number of nitrogens with one attached hydrogen (secondary N) is 1. The molecule has 3 N–H and O–H groups in total. The number of hydrogen-bond acceptors (Lipinski definition) is 5.